The Morgan fingerprint density at radius 2 is 2.06 bits per heavy atom. The summed E-state index contributed by atoms with van der Waals surface area (Å²) in [4.78, 5) is 20.2. The fourth-order valence-corrected chi connectivity index (χ4v) is 4.01. The molecule has 4 rings (SSSR count). The van der Waals surface area contributed by atoms with E-state index in [9.17, 15) is 18.0 Å². The zero-order valence-electron chi connectivity index (χ0n) is 16.6. The summed E-state index contributed by atoms with van der Waals surface area (Å²) in [5, 5.41) is 12.6. The van der Waals surface area contributed by atoms with E-state index in [4.69, 9.17) is 0 Å². The molecule has 0 spiro atoms. The first kappa shape index (κ1) is 21.5. The van der Waals surface area contributed by atoms with Gasteiger partial charge in [0.15, 0.2) is 0 Å². The molecule has 2 saturated heterocycles. The van der Waals surface area contributed by atoms with E-state index in [2.05, 4.69) is 43.3 Å². The molecule has 1 amide bonds. The van der Waals surface area contributed by atoms with Crippen molar-refractivity contribution in [3.63, 3.8) is 0 Å². The molecule has 12 heteroatoms. The van der Waals surface area contributed by atoms with Gasteiger partial charge in [0.05, 0.1) is 17.5 Å². The van der Waals surface area contributed by atoms with Gasteiger partial charge in [0.2, 0.25) is 0 Å². The van der Waals surface area contributed by atoms with Crippen LogP contribution in [0.25, 0.3) is 6.08 Å². The molecular formula is C19H22F3N7OS. The second-order valence-corrected chi connectivity index (χ2v) is 8.08. The van der Waals surface area contributed by atoms with Crippen molar-refractivity contribution in [1.29, 1.82) is 0 Å². The van der Waals surface area contributed by atoms with Crippen molar-refractivity contribution in [2.45, 2.75) is 31.2 Å². The number of H-pyrrole nitrogens is 1. The predicted octanol–water partition coefficient (Wildman–Crippen LogP) is 1.81. The van der Waals surface area contributed by atoms with Gasteiger partial charge in [-0.05, 0) is 25.1 Å². The summed E-state index contributed by atoms with van der Waals surface area (Å²) in [6.45, 7) is 4.70. The zero-order chi connectivity index (χ0) is 22.2. The minimum Gasteiger partial charge on any atom is -0.352 e. The van der Waals surface area contributed by atoms with Crippen molar-refractivity contribution < 1.29 is 18.0 Å². The maximum absolute atomic E-state index is 12.8. The number of carbonyl (C=O) groups excluding carboxylic acids is 1. The first-order valence-electron chi connectivity index (χ1n) is 9.72. The van der Waals surface area contributed by atoms with Crippen molar-refractivity contribution >= 4 is 30.4 Å². The average molecular weight is 453 g/mol. The second-order valence-electron chi connectivity index (χ2n) is 7.57. The van der Waals surface area contributed by atoms with Gasteiger partial charge in [0.1, 0.15) is 17.0 Å². The maximum atomic E-state index is 12.8. The van der Waals surface area contributed by atoms with Gasteiger partial charge in [-0.15, -0.1) is 12.6 Å². The Morgan fingerprint density at radius 1 is 1.26 bits per heavy atom. The number of piperazine rings is 1. The van der Waals surface area contributed by atoms with Crippen LogP contribution >= 0.6 is 12.6 Å². The number of pyridine rings is 1. The van der Waals surface area contributed by atoms with E-state index in [1.807, 2.05) is 11.8 Å². The van der Waals surface area contributed by atoms with Crippen molar-refractivity contribution in [2.75, 3.05) is 24.5 Å². The van der Waals surface area contributed by atoms with Crippen LogP contribution < -0.4 is 15.5 Å². The van der Waals surface area contributed by atoms with Gasteiger partial charge >= 0.3 is 6.18 Å². The lowest BCUT2D eigenvalue weighted by molar-refractivity contribution is -0.137. The number of carbonyl (C=O) groups is 1. The van der Waals surface area contributed by atoms with Crippen LogP contribution in [0, 0.1) is 0 Å². The quantitative estimate of drug-likeness (QED) is 0.417. The Balaban J connectivity index is 1.40. The number of nitrogens with one attached hydrogen (secondary N) is 3. The fraction of sp³-hybridized carbons (Fsp3) is 0.421. The highest BCUT2D eigenvalue weighted by atomic mass is 32.1. The van der Waals surface area contributed by atoms with Crippen LogP contribution in [0.15, 0.2) is 30.2 Å². The van der Waals surface area contributed by atoms with Crippen molar-refractivity contribution in [3.8, 4) is 0 Å². The van der Waals surface area contributed by atoms with Gasteiger partial charge in [0, 0.05) is 44.0 Å². The molecule has 2 atom stereocenters. The molecule has 2 aliphatic heterocycles. The molecule has 166 valence electrons. The van der Waals surface area contributed by atoms with Crippen LogP contribution in [-0.2, 0) is 17.5 Å². The Kier molecular flexibility index (Phi) is 5.84. The molecule has 0 saturated carbocycles. The molecule has 31 heavy (non-hydrogen) atoms. The predicted molar refractivity (Wildman–Crippen MR) is 112 cm³/mol. The number of anilines is 1. The Hall–Kier alpha value is -2.73. The van der Waals surface area contributed by atoms with Gasteiger partial charge in [-0.1, -0.05) is 0 Å². The molecule has 0 radical (unpaired) electrons. The largest absolute Gasteiger partial charge is 0.417 e. The van der Waals surface area contributed by atoms with Crippen LogP contribution in [0.4, 0.5) is 19.0 Å². The van der Waals surface area contributed by atoms with Crippen molar-refractivity contribution in [1.82, 2.24) is 30.7 Å². The first-order chi connectivity index (χ1) is 14.7. The SMILES string of the molecule is C[C@@H]1CN(Cc2cn[nH]c2/C=C2\N[C@@H](S)NC2=O)CCN1c1ccc(C(F)(F)F)cn1. The number of nitrogens with zero attached hydrogens (tertiary/aromatic N) is 4. The lowest BCUT2D eigenvalue weighted by Crippen LogP contribution is -2.51. The third-order valence-corrected chi connectivity index (χ3v) is 5.58. The van der Waals surface area contributed by atoms with E-state index in [0.29, 0.717) is 37.7 Å². The number of hydrogen-bond acceptors (Lipinski definition) is 7. The second kappa shape index (κ2) is 8.42. The van der Waals surface area contributed by atoms with Crippen LogP contribution in [0.1, 0.15) is 23.7 Å². The zero-order valence-corrected chi connectivity index (χ0v) is 17.5. The van der Waals surface area contributed by atoms with E-state index in [1.165, 1.54) is 6.07 Å². The van der Waals surface area contributed by atoms with Crippen LogP contribution in [0.2, 0.25) is 0 Å². The highest BCUT2D eigenvalue weighted by Gasteiger charge is 2.32. The van der Waals surface area contributed by atoms with Crippen molar-refractivity contribution in [3.05, 3.63) is 47.0 Å². The Bertz CT molecular complexity index is 976. The van der Waals surface area contributed by atoms with Gasteiger partial charge in [-0.3, -0.25) is 14.8 Å². The Labute approximate surface area is 182 Å². The minimum absolute atomic E-state index is 0.0684. The number of aromatic nitrogens is 3. The molecular weight excluding hydrogens is 431 g/mol. The monoisotopic (exact) mass is 453 g/mol. The number of alkyl halides is 3. The number of aromatic amines is 1. The average Bonchev–Trinajstić information content (AvgIpc) is 3.27. The molecule has 2 aromatic rings. The number of rotatable bonds is 4. The third kappa shape index (κ3) is 4.79. The van der Waals surface area contributed by atoms with E-state index >= 15 is 0 Å². The molecule has 0 aliphatic carbocycles. The summed E-state index contributed by atoms with van der Waals surface area (Å²) in [6.07, 6.45) is -0.0796. The molecule has 2 aromatic heterocycles. The van der Waals surface area contributed by atoms with E-state index in [0.717, 1.165) is 23.5 Å². The summed E-state index contributed by atoms with van der Waals surface area (Å²) in [7, 11) is 0. The first-order valence-corrected chi connectivity index (χ1v) is 10.2. The molecule has 8 nitrogen and oxygen atoms in total. The molecule has 0 aromatic carbocycles. The molecule has 3 N–H and O–H groups in total. The van der Waals surface area contributed by atoms with Gasteiger partial charge < -0.3 is 15.5 Å². The van der Waals surface area contributed by atoms with Gasteiger partial charge in [0.25, 0.3) is 5.91 Å². The summed E-state index contributed by atoms with van der Waals surface area (Å²) in [5.74, 6) is 0.306. The topological polar surface area (TPSA) is 89.2 Å². The summed E-state index contributed by atoms with van der Waals surface area (Å²) < 4.78 is 38.3. The molecule has 2 fully saturated rings. The molecule has 2 aliphatic rings. The molecule has 0 unspecified atom stereocenters. The van der Waals surface area contributed by atoms with Gasteiger partial charge in [-0.25, -0.2) is 4.98 Å². The number of hydrogen-bond donors (Lipinski definition) is 4. The lowest BCUT2D eigenvalue weighted by atomic mass is 10.1. The fourth-order valence-electron chi connectivity index (χ4n) is 3.76. The van der Waals surface area contributed by atoms with Crippen LogP contribution in [-0.4, -0.2) is 57.2 Å². The Morgan fingerprint density at radius 3 is 2.68 bits per heavy atom. The highest BCUT2D eigenvalue weighted by molar-refractivity contribution is 7.80. The summed E-state index contributed by atoms with van der Waals surface area (Å²) in [6, 6.07) is 2.55. The van der Waals surface area contributed by atoms with Crippen LogP contribution in [0.5, 0.6) is 0 Å². The molecule has 4 heterocycles. The lowest BCUT2D eigenvalue weighted by Gasteiger charge is -2.40. The van der Waals surface area contributed by atoms with E-state index in [-0.39, 0.29) is 11.9 Å². The standard InChI is InChI=1S/C19H22F3N7OS/c1-11-9-28(4-5-29(11)16-3-2-13(8-23-16)19(20,21)22)10-12-7-24-27-14(12)6-15-17(30)26-18(31)25-15/h2-3,6-8,11,18,25,31H,4-5,9-10H2,1H3,(H,24,27)(H,26,30)/b15-6-/t11-,18-/m1/s1. The summed E-state index contributed by atoms with van der Waals surface area (Å²) in [5.41, 5.74) is 0.923. The third-order valence-electron chi connectivity index (χ3n) is 5.32. The minimum atomic E-state index is -4.39. The summed E-state index contributed by atoms with van der Waals surface area (Å²) >= 11 is 4.18. The van der Waals surface area contributed by atoms with Crippen molar-refractivity contribution in [2.24, 2.45) is 0 Å². The van der Waals surface area contributed by atoms with E-state index in [1.54, 1.807) is 12.3 Å². The van der Waals surface area contributed by atoms with Crippen LogP contribution in [0.3, 0.4) is 0 Å². The number of thiol groups is 1. The van der Waals surface area contributed by atoms with Gasteiger partial charge in [-0.2, -0.15) is 18.3 Å². The number of halogens is 3. The van der Waals surface area contributed by atoms with E-state index < -0.39 is 17.2 Å². The normalized spacial score (nSPS) is 23.8. The maximum Gasteiger partial charge on any atom is 0.417 e. The number of amides is 1. The highest BCUT2D eigenvalue weighted by Crippen LogP contribution is 2.30. The molecule has 0 bridgehead atoms. The smallest absolute Gasteiger partial charge is 0.352 e.